The highest BCUT2D eigenvalue weighted by Crippen LogP contribution is 2.53. The van der Waals surface area contributed by atoms with E-state index in [1.54, 1.807) is 0 Å². The highest BCUT2D eigenvalue weighted by atomic mass is 15.2. The quantitative estimate of drug-likeness (QED) is 0.160. The second-order valence-corrected chi connectivity index (χ2v) is 30.3. The lowest BCUT2D eigenvalue weighted by Crippen LogP contribution is -2.20. The minimum Gasteiger partial charge on any atom is -0.309 e. The molecule has 478 valence electrons. The summed E-state index contributed by atoms with van der Waals surface area (Å²) in [6, 6.07) is 112. The van der Waals surface area contributed by atoms with Crippen LogP contribution >= 0.6 is 0 Å². The Bertz CT molecular complexity index is 6640. The van der Waals surface area contributed by atoms with Crippen molar-refractivity contribution in [2.24, 2.45) is 0 Å². The van der Waals surface area contributed by atoms with Crippen LogP contribution in [-0.4, -0.2) is 23.7 Å². The lowest BCUT2D eigenvalue weighted by molar-refractivity contribution is 0.526. The molecular weight excluding hydrogens is 1220 g/mol. The number of aromatic nitrogens is 5. The zero-order chi connectivity index (χ0) is 67.4. The van der Waals surface area contributed by atoms with Crippen LogP contribution in [0.5, 0.6) is 0 Å². The second kappa shape index (κ2) is 20.9. The number of fused-ring (bicyclic) bond motifs is 20. The van der Waals surface area contributed by atoms with Crippen LogP contribution in [0.3, 0.4) is 0 Å². The smallest absolute Gasteiger partial charge is 0.235 e. The molecule has 0 unspecified atom stereocenters. The predicted octanol–water partition coefficient (Wildman–Crippen LogP) is 24.7. The molecule has 4 aromatic heterocycles. The average molecular weight is 1290 g/mol. The standard InChI is InChI=1S/C96H69N5/c1-94(2)56-57-18-17-19-65(48-57)68-41-32-62(52-82(68)94)59-36-46-90-77(49-59)74-23-10-15-28-87(74)100(90)67-40-44-85-79(55-67)92(98-93(97-85)101-88-29-16-11-24-75(88)78-51-61(37-47-91(78)101)64-34-43-72-70-21-8-13-26-81(70)96(5,6)84(72)54-64)58-30-38-66(39-31-58)99-86-27-14-9-22-73(86)76-50-60(35-45-89(76)99)63-33-42-71-69-20-7-12-25-80(69)95(3,4)83(71)53-63/h7-55H,56H2,1-6H3. The van der Waals surface area contributed by atoms with E-state index in [9.17, 15) is 0 Å². The average Bonchev–Trinajstić information content (AvgIpc) is 1.50. The van der Waals surface area contributed by atoms with Gasteiger partial charge in [-0.1, -0.05) is 236 Å². The van der Waals surface area contributed by atoms with Crippen LogP contribution < -0.4 is 0 Å². The summed E-state index contributed by atoms with van der Waals surface area (Å²) in [5.41, 5.74) is 34.8. The molecule has 0 amide bonds. The van der Waals surface area contributed by atoms with E-state index < -0.39 is 0 Å². The first-order chi connectivity index (χ1) is 49.3. The molecule has 3 aliphatic carbocycles. The summed E-state index contributed by atoms with van der Waals surface area (Å²) in [4.78, 5) is 11.5. The van der Waals surface area contributed by atoms with Gasteiger partial charge in [-0.3, -0.25) is 4.57 Å². The number of rotatable bonds is 7. The Balaban J connectivity index is 0.715. The van der Waals surface area contributed by atoms with E-state index in [0.717, 1.165) is 83.8 Å². The van der Waals surface area contributed by atoms with Crippen molar-refractivity contribution in [3.63, 3.8) is 0 Å². The van der Waals surface area contributed by atoms with Gasteiger partial charge in [-0.15, -0.1) is 0 Å². The van der Waals surface area contributed by atoms with Crippen molar-refractivity contribution in [1.29, 1.82) is 0 Å². The molecule has 101 heavy (non-hydrogen) atoms. The monoisotopic (exact) mass is 1290 g/mol. The summed E-state index contributed by atoms with van der Waals surface area (Å²) in [6.45, 7) is 14.2. The van der Waals surface area contributed by atoms with Gasteiger partial charge < -0.3 is 9.13 Å². The van der Waals surface area contributed by atoms with Crippen LogP contribution in [0.25, 0.3) is 172 Å². The number of nitrogens with zero attached hydrogens (tertiary/aromatic N) is 5. The third-order valence-corrected chi connectivity index (χ3v) is 23.3. The molecule has 0 atom stereocenters. The van der Waals surface area contributed by atoms with Gasteiger partial charge in [0, 0.05) is 65.5 Å². The normalized spacial score (nSPS) is 14.4. The summed E-state index contributed by atoms with van der Waals surface area (Å²) in [5.74, 6) is 0.619. The highest BCUT2D eigenvalue weighted by Gasteiger charge is 2.37. The van der Waals surface area contributed by atoms with Crippen molar-refractivity contribution in [2.45, 2.75) is 64.2 Å². The third-order valence-electron chi connectivity index (χ3n) is 23.3. The Morgan fingerprint density at radius 1 is 0.257 bits per heavy atom. The number of para-hydroxylation sites is 3. The minimum atomic E-state index is -0.108. The van der Waals surface area contributed by atoms with Crippen LogP contribution in [0, 0.1) is 0 Å². The fourth-order valence-corrected chi connectivity index (χ4v) is 18.3. The molecule has 2 bridgehead atoms. The molecule has 14 aromatic carbocycles. The molecule has 0 saturated heterocycles. The molecule has 5 heteroatoms. The van der Waals surface area contributed by atoms with Crippen molar-refractivity contribution >= 4 is 76.3 Å². The summed E-state index contributed by atoms with van der Waals surface area (Å²) >= 11 is 0. The Morgan fingerprint density at radius 2 is 0.673 bits per heavy atom. The van der Waals surface area contributed by atoms with Gasteiger partial charge in [-0.2, -0.15) is 0 Å². The van der Waals surface area contributed by atoms with E-state index in [-0.39, 0.29) is 16.2 Å². The second-order valence-electron chi connectivity index (χ2n) is 30.3. The zero-order valence-electron chi connectivity index (χ0n) is 57.2. The van der Waals surface area contributed by atoms with Gasteiger partial charge in [0.15, 0.2) is 0 Å². The summed E-state index contributed by atoms with van der Waals surface area (Å²) in [7, 11) is 0. The van der Waals surface area contributed by atoms with Gasteiger partial charge in [0.05, 0.1) is 44.3 Å². The molecule has 0 aliphatic heterocycles. The topological polar surface area (TPSA) is 40.6 Å². The largest absolute Gasteiger partial charge is 0.309 e. The van der Waals surface area contributed by atoms with E-state index in [2.05, 4.69) is 352 Å². The Labute approximate surface area is 586 Å². The first kappa shape index (κ1) is 57.8. The van der Waals surface area contributed by atoms with Gasteiger partial charge in [-0.25, -0.2) is 9.97 Å². The first-order valence-electron chi connectivity index (χ1n) is 35.6. The van der Waals surface area contributed by atoms with Gasteiger partial charge >= 0.3 is 0 Å². The minimum absolute atomic E-state index is 0.0274. The summed E-state index contributed by atoms with van der Waals surface area (Å²) < 4.78 is 7.14. The maximum Gasteiger partial charge on any atom is 0.235 e. The maximum absolute atomic E-state index is 5.82. The molecule has 18 aromatic rings. The van der Waals surface area contributed by atoms with Crippen molar-refractivity contribution in [1.82, 2.24) is 23.7 Å². The van der Waals surface area contributed by atoms with Crippen LogP contribution in [0.1, 0.15) is 74.9 Å². The van der Waals surface area contributed by atoms with E-state index >= 15 is 0 Å². The molecule has 0 N–H and O–H groups in total. The van der Waals surface area contributed by atoms with Crippen LogP contribution in [0.4, 0.5) is 0 Å². The Hall–Kier alpha value is -12.2. The number of benzene rings is 14. The van der Waals surface area contributed by atoms with Crippen LogP contribution in [-0.2, 0) is 22.7 Å². The third kappa shape index (κ3) is 8.44. The fourth-order valence-electron chi connectivity index (χ4n) is 18.3. The molecule has 0 fully saturated rings. The summed E-state index contributed by atoms with van der Waals surface area (Å²) in [6.07, 6.45) is 0.998. The summed E-state index contributed by atoms with van der Waals surface area (Å²) in [5, 5.41) is 8.13. The van der Waals surface area contributed by atoms with Crippen molar-refractivity contribution < 1.29 is 0 Å². The molecule has 0 radical (unpaired) electrons. The molecule has 5 nitrogen and oxygen atoms in total. The molecule has 4 heterocycles. The molecule has 0 spiro atoms. The van der Waals surface area contributed by atoms with Gasteiger partial charge in [0.25, 0.3) is 0 Å². The molecular formula is C96H69N5. The van der Waals surface area contributed by atoms with E-state index in [1.165, 1.54) is 122 Å². The van der Waals surface area contributed by atoms with E-state index in [1.807, 2.05) is 0 Å². The van der Waals surface area contributed by atoms with Crippen molar-refractivity contribution in [2.75, 3.05) is 0 Å². The van der Waals surface area contributed by atoms with E-state index in [0.29, 0.717) is 5.95 Å². The number of hydrogen-bond donors (Lipinski definition) is 0. The molecule has 3 aliphatic rings. The van der Waals surface area contributed by atoms with Gasteiger partial charge in [0.1, 0.15) is 0 Å². The van der Waals surface area contributed by atoms with Crippen LogP contribution in [0.15, 0.2) is 297 Å². The fraction of sp³-hybridized carbons (Fsp3) is 0.104. The van der Waals surface area contributed by atoms with Crippen molar-refractivity contribution in [3.05, 3.63) is 331 Å². The lowest BCUT2D eigenvalue weighted by Gasteiger charge is -2.26. The predicted molar refractivity (Wildman–Crippen MR) is 422 cm³/mol. The molecule has 0 saturated carbocycles. The van der Waals surface area contributed by atoms with E-state index in [4.69, 9.17) is 9.97 Å². The highest BCUT2D eigenvalue weighted by molar-refractivity contribution is 6.14. The Kier molecular flexibility index (Phi) is 12.0. The Morgan fingerprint density at radius 3 is 1.23 bits per heavy atom. The first-order valence-corrected chi connectivity index (χ1v) is 35.6. The van der Waals surface area contributed by atoms with Gasteiger partial charge in [0.2, 0.25) is 5.95 Å². The number of hydrogen-bond acceptors (Lipinski definition) is 2. The zero-order valence-corrected chi connectivity index (χ0v) is 57.2. The molecule has 21 rings (SSSR count). The van der Waals surface area contributed by atoms with Gasteiger partial charge in [-0.05, 0) is 215 Å². The SMILES string of the molecule is CC1(C)Cc2cccc(c2)-c2ccc(-c3ccc4c(c3)c3ccccc3n4-c3ccc4nc(-n5c6ccccc6c6cc(-c7ccc8c(c7)C(C)(C)c7ccccc7-8)ccc65)nc(-c5ccc(-n6c7ccccc7c7cc(-c8ccc9c(c8)C(C)(C)c8ccccc8-9)ccc76)cc5)c4c3)cc21. The lowest BCUT2D eigenvalue weighted by atomic mass is 9.77. The maximum atomic E-state index is 5.82. The van der Waals surface area contributed by atoms with Crippen molar-refractivity contribution in [3.8, 4) is 95.3 Å². The van der Waals surface area contributed by atoms with Crippen LogP contribution in [0.2, 0.25) is 0 Å².